The summed E-state index contributed by atoms with van der Waals surface area (Å²) in [5.74, 6) is 0. The lowest BCUT2D eigenvalue weighted by molar-refractivity contribution is -0.000919. The fourth-order valence-electron chi connectivity index (χ4n) is 2.15. The Balaban J connectivity index is 1.74. The van der Waals surface area contributed by atoms with Gasteiger partial charge < -0.3 is 9.64 Å². The number of hydrogen-bond donors (Lipinski definition) is 1. The standard InChI is InChI=1S/C13H22BrN3O3/c1-13(2,3)19-12(18)17-6-4-16(5-7-17)9-10-8-11(14)15-20-10/h8,10,15H,4-7,9H2,1-3H3/t10-/m0/s1. The number of ether oxygens (including phenoxy) is 1. The third kappa shape index (κ3) is 4.64. The quantitative estimate of drug-likeness (QED) is 0.770. The number of amides is 1. The zero-order chi connectivity index (χ0) is 14.8. The number of halogens is 1. The Hall–Kier alpha value is -0.790. The van der Waals surface area contributed by atoms with Crippen molar-refractivity contribution in [3.8, 4) is 0 Å². The van der Waals surface area contributed by atoms with Gasteiger partial charge in [0.15, 0.2) is 0 Å². The van der Waals surface area contributed by atoms with Gasteiger partial charge in [-0.15, -0.1) is 0 Å². The maximum Gasteiger partial charge on any atom is 0.410 e. The summed E-state index contributed by atoms with van der Waals surface area (Å²) < 4.78 is 6.25. The molecule has 2 rings (SSSR count). The number of carbonyl (C=O) groups excluding carboxylic acids is 1. The van der Waals surface area contributed by atoms with Crippen LogP contribution in [-0.4, -0.2) is 60.3 Å². The van der Waals surface area contributed by atoms with Crippen molar-refractivity contribution in [3.05, 3.63) is 10.7 Å². The molecule has 2 heterocycles. The van der Waals surface area contributed by atoms with Gasteiger partial charge in [-0.2, -0.15) is 0 Å². The van der Waals surface area contributed by atoms with Gasteiger partial charge in [-0.05, 0) is 42.8 Å². The van der Waals surface area contributed by atoms with Gasteiger partial charge in [0.25, 0.3) is 0 Å². The molecule has 1 atom stereocenters. The summed E-state index contributed by atoms with van der Waals surface area (Å²) >= 11 is 3.34. The number of hydroxylamine groups is 1. The first-order chi connectivity index (χ1) is 9.33. The van der Waals surface area contributed by atoms with Gasteiger partial charge >= 0.3 is 6.09 Å². The Morgan fingerprint density at radius 1 is 1.45 bits per heavy atom. The first-order valence-electron chi connectivity index (χ1n) is 6.83. The third-order valence-corrected chi connectivity index (χ3v) is 3.53. The molecule has 0 aromatic heterocycles. The van der Waals surface area contributed by atoms with Crippen molar-refractivity contribution in [2.75, 3.05) is 32.7 Å². The highest BCUT2D eigenvalue weighted by Crippen LogP contribution is 2.15. The van der Waals surface area contributed by atoms with Gasteiger partial charge in [0.2, 0.25) is 0 Å². The topological polar surface area (TPSA) is 54.0 Å². The predicted octanol–water partition coefficient (Wildman–Crippen LogP) is 1.68. The van der Waals surface area contributed by atoms with Crippen molar-refractivity contribution in [2.45, 2.75) is 32.5 Å². The van der Waals surface area contributed by atoms with Gasteiger partial charge in [-0.25, -0.2) is 4.79 Å². The van der Waals surface area contributed by atoms with Crippen LogP contribution in [0.15, 0.2) is 10.7 Å². The minimum Gasteiger partial charge on any atom is -0.444 e. The second kappa shape index (κ2) is 6.32. The molecule has 114 valence electrons. The summed E-state index contributed by atoms with van der Waals surface area (Å²) in [5.41, 5.74) is 2.34. The van der Waals surface area contributed by atoms with Gasteiger partial charge in [-0.3, -0.25) is 15.2 Å². The Bertz CT molecular complexity index is 387. The Kier molecular flexibility index (Phi) is 4.93. The fraction of sp³-hybridized carbons (Fsp3) is 0.769. The van der Waals surface area contributed by atoms with Crippen LogP contribution in [0.2, 0.25) is 0 Å². The number of piperazine rings is 1. The average molecular weight is 348 g/mol. The zero-order valence-electron chi connectivity index (χ0n) is 12.2. The molecular formula is C13H22BrN3O3. The zero-order valence-corrected chi connectivity index (χ0v) is 13.8. The second-order valence-corrected chi connectivity index (χ2v) is 6.90. The van der Waals surface area contributed by atoms with E-state index in [0.717, 1.165) is 24.2 Å². The van der Waals surface area contributed by atoms with Crippen molar-refractivity contribution >= 4 is 22.0 Å². The molecule has 0 spiro atoms. The van der Waals surface area contributed by atoms with E-state index in [1.807, 2.05) is 26.8 Å². The van der Waals surface area contributed by atoms with Crippen LogP contribution in [0.1, 0.15) is 20.8 Å². The molecule has 2 aliphatic rings. The van der Waals surface area contributed by atoms with E-state index in [-0.39, 0.29) is 12.2 Å². The monoisotopic (exact) mass is 347 g/mol. The van der Waals surface area contributed by atoms with Crippen molar-refractivity contribution in [1.82, 2.24) is 15.3 Å². The van der Waals surface area contributed by atoms with Crippen LogP contribution in [0.5, 0.6) is 0 Å². The van der Waals surface area contributed by atoms with Crippen LogP contribution in [0.3, 0.4) is 0 Å². The van der Waals surface area contributed by atoms with E-state index >= 15 is 0 Å². The molecule has 0 saturated carbocycles. The molecule has 0 radical (unpaired) electrons. The summed E-state index contributed by atoms with van der Waals surface area (Å²) in [6.45, 7) is 9.54. The molecule has 20 heavy (non-hydrogen) atoms. The van der Waals surface area contributed by atoms with E-state index < -0.39 is 5.60 Å². The molecule has 1 saturated heterocycles. The van der Waals surface area contributed by atoms with Crippen LogP contribution >= 0.6 is 15.9 Å². The number of carbonyl (C=O) groups is 1. The first kappa shape index (κ1) is 15.6. The van der Waals surface area contributed by atoms with Crippen molar-refractivity contribution in [1.29, 1.82) is 0 Å². The summed E-state index contributed by atoms with van der Waals surface area (Å²) in [4.78, 5) is 21.4. The van der Waals surface area contributed by atoms with Gasteiger partial charge in [0, 0.05) is 32.7 Å². The molecule has 0 aromatic rings. The largest absolute Gasteiger partial charge is 0.444 e. The molecule has 0 bridgehead atoms. The van der Waals surface area contributed by atoms with Crippen LogP contribution in [0.4, 0.5) is 4.79 Å². The number of nitrogens with one attached hydrogen (secondary N) is 1. The minimum absolute atomic E-state index is 0.0532. The van der Waals surface area contributed by atoms with Crippen LogP contribution in [0.25, 0.3) is 0 Å². The molecule has 1 fully saturated rings. The first-order valence-corrected chi connectivity index (χ1v) is 7.62. The molecule has 0 unspecified atom stereocenters. The summed E-state index contributed by atoms with van der Waals surface area (Å²) in [6, 6.07) is 0. The van der Waals surface area contributed by atoms with E-state index in [1.54, 1.807) is 4.90 Å². The minimum atomic E-state index is -0.436. The van der Waals surface area contributed by atoms with E-state index in [0.29, 0.717) is 13.1 Å². The molecule has 6 nitrogen and oxygen atoms in total. The smallest absolute Gasteiger partial charge is 0.410 e. The van der Waals surface area contributed by atoms with Gasteiger partial charge in [-0.1, -0.05) is 0 Å². The number of rotatable bonds is 2. The van der Waals surface area contributed by atoms with Crippen LogP contribution in [0, 0.1) is 0 Å². The fourth-order valence-corrected chi connectivity index (χ4v) is 2.54. The Morgan fingerprint density at radius 3 is 2.60 bits per heavy atom. The molecule has 1 amide bonds. The van der Waals surface area contributed by atoms with Crippen LogP contribution < -0.4 is 5.48 Å². The molecule has 7 heteroatoms. The maximum absolute atomic E-state index is 11.9. The van der Waals surface area contributed by atoms with Crippen molar-refractivity contribution in [3.63, 3.8) is 0 Å². The molecule has 0 aliphatic carbocycles. The lowest BCUT2D eigenvalue weighted by Crippen LogP contribution is -2.51. The molecule has 2 aliphatic heterocycles. The second-order valence-electron chi connectivity index (χ2n) is 6.04. The molecule has 0 aromatic carbocycles. The summed E-state index contributed by atoms with van der Waals surface area (Å²) in [7, 11) is 0. The normalized spacial score (nSPS) is 24.3. The SMILES string of the molecule is CC(C)(C)OC(=O)N1CCN(C[C@@H]2C=C(Br)NO2)CC1. The Morgan fingerprint density at radius 2 is 2.10 bits per heavy atom. The average Bonchev–Trinajstić information content (AvgIpc) is 2.73. The number of hydrogen-bond acceptors (Lipinski definition) is 5. The predicted molar refractivity (Wildman–Crippen MR) is 79.3 cm³/mol. The Labute approximate surface area is 128 Å². The van der Waals surface area contributed by atoms with E-state index in [4.69, 9.17) is 9.57 Å². The number of nitrogens with zero attached hydrogens (tertiary/aromatic N) is 2. The molecular weight excluding hydrogens is 326 g/mol. The highest BCUT2D eigenvalue weighted by molar-refractivity contribution is 9.11. The van der Waals surface area contributed by atoms with E-state index in [2.05, 4.69) is 26.3 Å². The van der Waals surface area contributed by atoms with Crippen molar-refractivity contribution in [2.24, 2.45) is 0 Å². The third-order valence-electron chi connectivity index (χ3n) is 3.10. The highest BCUT2D eigenvalue weighted by Gasteiger charge is 2.27. The highest BCUT2D eigenvalue weighted by atomic mass is 79.9. The lowest BCUT2D eigenvalue weighted by Gasteiger charge is -2.36. The summed E-state index contributed by atoms with van der Waals surface area (Å²) in [6.07, 6.45) is 1.83. The van der Waals surface area contributed by atoms with Crippen LogP contribution in [-0.2, 0) is 9.57 Å². The van der Waals surface area contributed by atoms with E-state index in [9.17, 15) is 4.79 Å². The van der Waals surface area contributed by atoms with E-state index in [1.165, 1.54) is 0 Å². The maximum atomic E-state index is 11.9. The van der Waals surface area contributed by atoms with Crippen molar-refractivity contribution < 1.29 is 14.4 Å². The summed E-state index contributed by atoms with van der Waals surface area (Å²) in [5, 5.41) is 0. The lowest BCUT2D eigenvalue weighted by atomic mass is 10.2. The molecule has 1 N–H and O–H groups in total. The van der Waals surface area contributed by atoms with Gasteiger partial charge in [0.1, 0.15) is 16.3 Å². The van der Waals surface area contributed by atoms with Gasteiger partial charge in [0.05, 0.1) is 0 Å².